The predicted molar refractivity (Wildman–Crippen MR) is 121 cm³/mol. The van der Waals surface area contributed by atoms with Crippen molar-refractivity contribution in [3.63, 3.8) is 0 Å². The van der Waals surface area contributed by atoms with E-state index in [1.165, 1.54) is 22.7 Å². The topological polar surface area (TPSA) is 155 Å². The lowest BCUT2D eigenvalue weighted by atomic mass is 10.1. The van der Waals surface area contributed by atoms with Crippen LogP contribution in [-0.4, -0.2) is 71.5 Å². The Kier molecular flexibility index (Phi) is 6.12. The lowest BCUT2D eigenvalue weighted by Gasteiger charge is -2.18. The number of ether oxygens (including phenoxy) is 2. The highest BCUT2D eigenvalue weighted by Gasteiger charge is 2.44. The average Bonchev–Trinajstić information content (AvgIpc) is 3.47. The molecule has 1 saturated heterocycles. The summed E-state index contributed by atoms with van der Waals surface area (Å²) in [6.07, 6.45) is -2.86. The molecule has 11 nitrogen and oxygen atoms in total. The minimum absolute atomic E-state index is 0.0556. The summed E-state index contributed by atoms with van der Waals surface area (Å²) in [6, 6.07) is 7.56. The molecule has 33 heavy (non-hydrogen) atoms. The van der Waals surface area contributed by atoms with Crippen molar-refractivity contribution in [1.29, 1.82) is 0 Å². The van der Waals surface area contributed by atoms with Gasteiger partial charge in [0.25, 0.3) is 5.22 Å². The van der Waals surface area contributed by atoms with Crippen LogP contribution in [0.25, 0.3) is 22.3 Å². The molecule has 4 aromatic rings. The van der Waals surface area contributed by atoms with Gasteiger partial charge in [-0.25, -0.2) is 9.97 Å². The smallest absolute Gasteiger partial charge is 0.256 e. The monoisotopic (exact) mass is 492 g/mol. The highest BCUT2D eigenvalue weighted by molar-refractivity contribution is 7.99. The van der Waals surface area contributed by atoms with Crippen molar-refractivity contribution in [2.75, 3.05) is 18.1 Å². The van der Waals surface area contributed by atoms with E-state index < -0.39 is 24.5 Å². The van der Waals surface area contributed by atoms with Gasteiger partial charge in [0, 0.05) is 5.75 Å². The highest BCUT2D eigenvalue weighted by atomic mass is 35.5. The number of aliphatic hydroxyl groups is 2. The molecule has 1 fully saturated rings. The summed E-state index contributed by atoms with van der Waals surface area (Å²) < 4.78 is 18.9. The van der Waals surface area contributed by atoms with E-state index in [4.69, 9.17) is 31.2 Å². The second-order valence-corrected chi connectivity index (χ2v) is 8.96. The fraction of sp³-hybridized carbons (Fsp3) is 0.400. The standard InChI is InChI=1S/C20H21ClN6O5S/c1-9(7-33-20-24-10-4-2-3-5-11(10)32-20)30-6-12-14(28)15(29)18(31-12)27-8-23-13-16(22)25-19(21)26-17(13)27/h2-5,8-9,12,14-15,18,28-29H,6-7H2,1H3,(H2,22,25,26)/t9-,12-,14-,15-,18-/m1/s1. The van der Waals surface area contributed by atoms with Gasteiger partial charge >= 0.3 is 0 Å². The number of nitrogens with zero attached hydrogens (tertiary/aromatic N) is 5. The molecule has 3 aromatic heterocycles. The van der Waals surface area contributed by atoms with Gasteiger partial charge < -0.3 is 29.8 Å². The van der Waals surface area contributed by atoms with Gasteiger partial charge in [0.1, 0.15) is 29.3 Å². The molecule has 5 rings (SSSR count). The number of oxazole rings is 1. The zero-order valence-corrected chi connectivity index (χ0v) is 19.0. The number of nitrogen functional groups attached to an aromatic ring is 1. The molecule has 13 heteroatoms. The first-order chi connectivity index (χ1) is 15.9. The zero-order chi connectivity index (χ0) is 23.1. The molecule has 0 saturated carbocycles. The van der Waals surface area contributed by atoms with Gasteiger partial charge in [-0.2, -0.15) is 9.97 Å². The normalized spacial score (nSPS) is 24.1. The summed E-state index contributed by atoms with van der Waals surface area (Å²) in [6.45, 7) is 1.98. The van der Waals surface area contributed by atoms with Gasteiger partial charge in [-0.05, 0) is 30.7 Å². The maximum absolute atomic E-state index is 10.6. The third-order valence-electron chi connectivity index (χ3n) is 5.29. The van der Waals surface area contributed by atoms with Crippen molar-refractivity contribution in [1.82, 2.24) is 24.5 Å². The Morgan fingerprint density at radius 1 is 1.24 bits per heavy atom. The first kappa shape index (κ1) is 22.3. The SMILES string of the molecule is C[C@H](CSc1nc2ccccc2o1)OC[C@H]1O[C@@H](n2cnc3c(N)nc(Cl)nc32)[C@H](O)[C@@H]1O. The number of anilines is 1. The van der Waals surface area contributed by atoms with Crippen molar-refractivity contribution < 1.29 is 24.1 Å². The summed E-state index contributed by atoms with van der Waals surface area (Å²) in [4.78, 5) is 16.6. The van der Waals surface area contributed by atoms with Gasteiger partial charge in [0.2, 0.25) is 5.28 Å². The second-order valence-electron chi connectivity index (χ2n) is 7.65. The summed E-state index contributed by atoms with van der Waals surface area (Å²) in [5.74, 6) is 0.699. The van der Waals surface area contributed by atoms with Crippen LogP contribution in [0.1, 0.15) is 13.2 Å². The van der Waals surface area contributed by atoms with Gasteiger partial charge in [-0.3, -0.25) is 4.57 Å². The number of thioether (sulfide) groups is 1. The number of rotatable bonds is 7. The third kappa shape index (κ3) is 4.37. The number of imidazole rings is 1. The number of nitrogens with two attached hydrogens (primary N) is 1. The number of fused-ring (bicyclic) bond motifs is 2. The largest absolute Gasteiger partial charge is 0.431 e. The number of hydrogen-bond acceptors (Lipinski definition) is 11. The maximum Gasteiger partial charge on any atom is 0.256 e. The number of para-hydroxylation sites is 2. The molecule has 1 aromatic carbocycles. The van der Waals surface area contributed by atoms with Crippen LogP contribution in [0.2, 0.25) is 5.28 Å². The van der Waals surface area contributed by atoms with E-state index >= 15 is 0 Å². The molecule has 0 unspecified atom stereocenters. The van der Waals surface area contributed by atoms with Gasteiger partial charge in [-0.15, -0.1) is 0 Å². The van der Waals surface area contributed by atoms with E-state index in [0.29, 0.717) is 22.1 Å². The van der Waals surface area contributed by atoms with Crippen LogP contribution in [0.4, 0.5) is 5.82 Å². The van der Waals surface area contributed by atoms with Crippen LogP contribution in [0.5, 0.6) is 0 Å². The maximum atomic E-state index is 10.6. The summed E-state index contributed by atoms with van der Waals surface area (Å²) in [7, 11) is 0. The molecule has 0 aliphatic carbocycles. The minimum atomic E-state index is -1.23. The van der Waals surface area contributed by atoms with Crippen LogP contribution < -0.4 is 5.73 Å². The summed E-state index contributed by atoms with van der Waals surface area (Å²) in [5.41, 5.74) is 8.00. The molecule has 0 amide bonds. The number of hydrogen-bond donors (Lipinski definition) is 3. The van der Waals surface area contributed by atoms with Gasteiger partial charge in [0.05, 0.1) is 19.0 Å². The van der Waals surface area contributed by atoms with Crippen molar-refractivity contribution in [2.24, 2.45) is 0 Å². The molecule has 0 spiro atoms. The van der Waals surface area contributed by atoms with E-state index in [1.54, 1.807) is 0 Å². The molecule has 174 valence electrons. The van der Waals surface area contributed by atoms with Crippen molar-refractivity contribution in [3.8, 4) is 0 Å². The molecular weight excluding hydrogens is 472 g/mol. The van der Waals surface area contributed by atoms with Gasteiger partial charge in [-0.1, -0.05) is 23.9 Å². The van der Waals surface area contributed by atoms with Crippen LogP contribution in [0.3, 0.4) is 0 Å². The third-order valence-corrected chi connectivity index (χ3v) is 6.52. The first-order valence-corrected chi connectivity index (χ1v) is 11.5. The molecule has 0 radical (unpaired) electrons. The van der Waals surface area contributed by atoms with Crippen LogP contribution in [-0.2, 0) is 9.47 Å². The van der Waals surface area contributed by atoms with Crippen molar-refractivity contribution in [3.05, 3.63) is 35.9 Å². The van der Waals surface area contributed by atoms with Crippen LogP contribution >= 0.6 is 23.4 Å². The fourth-order valence-electron chi connectivity index (χ4n) is 3.60. The summed E-state index contributed by atoms with van der Waals surface area (Å²) >= 11 is 7.34. The predicted octanol–water partition coefficient (Wildman–Crippen LogP) is 2.02. The Labute approximate surface area is 196 Å². The van der Waals surface area contributed by atoms with E-state index in [2.05, 4.69) is 19.9 Å². The molecule has 5 atom stereocenters. The molecule has 4 heterocycles. The molecule has 0 bridgehead atoms. The fourth-order valence-corrected chi connectivity index (χ4v) is 4.56. The van der Waals surface area contributed by atoms with Crippen LogP contribution in [0.15, 0.2) is 40.2 Å². The van der Waals surface area contributed by atoms with Gasteiger partial charge in [0.15, 0.2) is 23.3 Å². The molecule has 1 aliphatic rings. The summed E-state index contributed by atoms with van der Waals surface area (Å²) in [5, 5.41) is 21.6. The quantitative estimate of drug-likeness (QED) is 0.256. The van der Waals surface area contributed by atoms with E-state index in [1.807, 2.05) is 31.2 Å². The van der Waals surface area contributed by atoms with E-state index in [-0.39, 0.29) is 23.8 Å². The van der Waals surface area contributed by atoms with Crippen molar-refractivity contribution in [2.45, 2.75) is 42.8 Å². The van der Waals surface area contributed by atoms with Crippen molar-refractivity contribution >= 4 is 51.4 Å². The molecular formula is C20H21ClN6O5S. The lowest BCUT2D eigenvalue weighted by molar-refractivity contribution is -0.0748. The van der Waals surface area contributed by atoms with E-state index in [0.717, 1.165) is 11.1 Å². The van der Waals surface area contributed by atoms with Crippen LogP contribution in [0, 0.1) is 0 Å². The zero-order valence-electron chi connectivity index (χ0n) is 17.4. The highest BCUT2D eigenvalue weighted by Crippen LogP contribution is 2.33. The first-order valence-electron chi connectivity index (χ1n) is 10.2. The average molecular weight is 493 g/mol. The Morgan fingerprint density at radius 3 is 2.88 bits per heavy atom. The minimum Gasteiger partial charge on any atom is -0.431 e. The lowest BCUT2D eigenvalue weighted by Crippen LogP contribution is -2.34. The Hall–Kier alpha value is -2.48. The van der Waals surface area contributed by atoms with E-state index in [9.17, 15) is 10.2 Å². The Bertz CT molecular complexity index is 1250. The number of halogens is 1. The number of benzene rings is 1. The number of aliphatic hydroxyl groups excluding tert-OH is 2. The molecule has 1 aliphatic heterocycles. The Morgan fingerprint density at radius 2 is 2.06 bits per heavy atom. The second kappa shape index (κ2) is 9.05. The number of aromatic nitrogens is 5. The molecule has 4 N–H and O–H groups in total. The Balaban J connectivity index is 1.20.